The van der Waals surface area contributed by atoms with Gasteiger partial charge in [-0.1, -0.05) is 42.8 Å². The van der Waals surface area contributed by atoms with E-state index in [1.807, 2.05) is 24.4 Å². The van der Waals surface area contributed by atoms with Gasteiger partial charge in [0.05, 0.1) is 16.8 Å². The van der Waals surface area contributed by atoms with E-state index in [1.165, 1.54) is 5.56 Å². The quantitative estimate of drug-likeness (QED) is 0.567. The van der Waals surface area contributed by atoms with E-state index in [9.17, 15) is 0 Å². The van der Waals surface area contributed by atoms with Gasteiger partial charge in [-0.2, -0.15) is 0 Å². The van der Waals surface area contributed by atoms with Gasteiger partial charge in [-0.3, -0.25) is 9.98 Å². The van der Waals surface area contributed by atoms with Crippen LogP contribution >= 0.6 is 11.6 Å². The van der Waals surface area contributed by atoms with Gasteiger partial charge in [-0.05, 0) is 43.7 Å². The monoisotopic (exact) mass is 334 g/mol. The van der Waals surface area contributed by atoms with Crippen LogP contribution in [0.1, 0.15) is 43.4 Å². The van der Waals surface area contributed by atoms with Gasteiger partial charge in [0.2, 0.25) is 0 Å². The summed E-state index contributed by atoms with van der Waals surface area (Å²) in [5.74, 6) is 0.270. The standard InChI is InChI=1S/C21H19ClN2/c1-13-19-16(7-4-8-17(19)22)20(24-21(13,2)3)15-9-10-18-14(12-15)6-5-11-23-18/h4-13H,1-3H3. The predicted octanol–water partition coefficient (Wildman–Crippen LogP) is 5.62. The van der Waals surface area contributed by atoms with Gasteiger partial charge >= 0.3 is 0 Å². The third-order valence-electron chi connectivity index (χ3n) is 5.08. The third kappa shape index (κ3) is 2.33. The lowest BCUT2D eigenvalue weighted by atomic mass is 9.77. The Kier molecular flexibility index (Phi) is 3.47. The Balaban J connectivity index is 1.97. The molecular formula is C21H19ClN2. The minimum atomic E-state index is -0.197. The lowest BCUT2D eigenvalue weighted by Gasteiger charge is -2.36. The van der Waals surface area contributed by atoms with Crippen molar-refractivity contribution in [2.75, 3.05) is 0 Å². The summed E-state index contributed by atoms with van der Waals surface area (Å²) in [6, 6.07) is 16.5. The van der Waals surface area contributed by atoms with Crippen LogP contribution in [0, 0.1) is 0 Å². The molecule has 1 atom stereocenters. The number of pyridine rings is 1. The first-order valence-electron chi connectivity index (χ1n) is 8.21. The van der Waals surface area contributed by atoms with Crippen LogP contribution in [0.15, 0.2) is 59.7 Å². The van der Waals surface area contributed by atoms with Crippen LogP contribution in [-0.4, -0.2) is 16.2 Å². The summed E-state index contributed by atoms with van der Waals surface area (Å²) >= 11 is 6.55. The van der Waals surface area contributed by atoms with Crippen molar-refractivity contribution in [1.82, 2.24) is 4.98 Å². The molecule has 4 rings (SSSR count). The molecule has 2 nitrogen and oxygen atoms in total. The first kappa shape index (κ1) is 15.3. The Morgan fingerprint density at radius 3 is 2.71 bits per heavy atom. The highest BCUT2D eigenvalue weighted by atomic mass is 35.5. The summed E-state index contributed by atoms with van der Waals surface area (Å²) < 4.78 is 0. The van der Waals surface area contributed by atoms with Gasteiger partial charge in [-0.25, -0.2) is 0 Å². The number of nitrogens with zero attached hydrogens (tertiary/aromatic N) is 2. The van der Waals surface area contributed by atoms with Crippen LogP contribution in [-0.2, 0) is 0 Å². The molecule has 0 radical (unpaired) electrons. The van der Waals surface area contributed by atoms with E-state index in [2.05, 4.69) is 56.1 Å². The van der Waals surface area contributed by atoms with Crippen molar-refractivity contribution in [1.29, 1.82) is 0 Å². The minimum absolute atomic E-state index is 0.197. The summed E-state index contributed by atoms with van der Waals surface area (Å²) in [4.78, 5) is 9.50. The normalized spacial score (nSPS) is 19.0. The number of fused-ring (bicyclic) bond motifs is 2. The Bertz CT molecular complexity index is 972. The molecule has 1 aliphatic heterocycles. The Hall–Kier alpha value is -2.19. The molecule has 0 saturated heterocycles. The van der Waals surface area contributed by atoms with Crippen molar-refractivity contribution < 1.29 is 0 Å². The number of hydrogen-bond donors (Lipinski definition) is 0. The van der Waals surface area contributed by atoms with Crippen LogP contribution in [0.4, 0.5) is 0 Å². The predicted molar refractivity (Wildman–Crippen MR) is 101 cm³/mol. The van der Waals surface area contributed by atoms with Crippen molar-refractivity contribution in [2.45, 2.75) is 32.2 Å². The van der Waals surface area contributed by atoms with Crippen molar-refractivity contribution in [2.24, 2.45) is 4.99 Å². The fourth-order valence-electron chi connectivity index (χ4n) is 3.43. The molecule has 0 N–H and O–H groups in total. The lowest BCUT2D eigenvalue weighted by Crippen LogP contribution is -2.33. The van der Waals surface area contributed by atoms with Gasteiger partial charge in [0.15, 0.2) is 0 Å². The first-order chi connectivity index (χ1) is 11.5. The van der Waals surface area contributed by atoms with Crippen molar-refractivity contribution in [3.05, 3.63) is 76.4 Å². The maximum absolute atomic E-state index is 6.55. The van der Waals surface area contributed by atoms with Crippen LogP contribution in [0.5, 0.6) is 0 Å². The van der Waals surface area contributed by atoms with Gasteiger partial charge in [0.25, 0.3) is 0 Å². The molecule has 0 saturated carbocycles. The molecule has 0 aliphatic carbocycles. The molecule has 3 aromatic rings. The van der Waals surface area contributed by atoms with Crippen molar-refractivity contribution in [3.8, 4) is 0 Å². The van der Waals surface area contributed by atoms with Crippen LogP contribution in [0.2, 0.25) is 5.02 Å². The molecule has 1 aromatic heterocycles. The first-order valence-corrected chi connectivity index (χ1v) is 8.59. The van der Waals surface area contributed by atoms with Gasteiger partial charge in [0.1, 0.15) is 0 Å². The van der Waals surface area contributed by atoms with E-state index in [-0.39, 0.29) is 11.5 Å². The molecule has 0 fully saturated rings. The highest BCUT2D eigenvalue weighted by Gasteiger charge is 2.35. The Morgan fingerprint density at radius 1 is 1.04 bits per heavy atom. The topological polar surface area (TPSA) is 25.2 Å². The number of aromatic nitrogens is 1. The Morgan fingerprint density at radius 2 is 1.88 bits per heavy atom. The van der Waals surface area contributed by atoms with E-state index in [4.69, 9.17) is 16.6 Å². The van der Waals surface area contributed by atoms with Crippen LogP contribution in [0.25, 0.3) is 10.9 Å². The minimum Gasteiger partial charge on any atom is -0.277 e. The number of benzene rings is 2. The molecule has 2 heterocycles. The summed E-state index contributed by atoms with van der Waals surface area (Å²) in [5.41, 5.74) is 5.26. The average molecular weight is 335 g/mol. The molecule has 2 aromatic carbocycles. The smallest absolute Gasteiger partial charge is 0.0729 e. The fraction of sp³-hybridized carbons (Fsp3) is 0.238. The van der Waals surface area contributed by atoms with Gasteiger partial charge in [-0.15, -0.1) is 0 Å². The third-order valence-corrected chi connectivity index (χ3v) is 5.41. The molecule has 1 aliphatic rings. The van der Waals surface area contributed by atoms with E-state index in [0.29, 0.717) is 0 Å². The van der Waals surface area contributed by atoms with Crippen molar-refractivity contribution in [3.63, 3.8) is 0 Å². The SMILES string of the molecule is CC1c2c(Cl)cccc2C(c2ccc3ncccc3c2)=NC1(C)C. The lowest BCUT2D eigenvalue weighted by molar-refractivity contribution is 0.432. The molecule has 3 heteroatoms. The van der Waals surface area contributed by atoms with E-state index in [1.54, 1.807) is 0 Å². The second-order valence-electron chi connectivity index (χ2n) is 6.95. The highest BCUT2D eigenvalue weighted by Crippen LogP contribution is 2.42. The summed E-state index contributed by atoms with van der Waals surface area (Å²) in [6.45, 7) is 6.55. The molecule has 24 heavy (non-hydrogen) atoms. The Labute approximate surface area is 147 Å². The summed E-state index contributed by atoms with van der Waals surface area (Å²) in [7, 11) is 0. The highest BCUT2D eigenvalue weighted by molar-refractivity contribution is 6.32. The number of hydrogen-bond acceptors (Lipinski definition) is 2. The second kappa shape index (κ2) is 5.42. The summed E-state index contributed by atoms with van der Waals surface area (Å²) in [6.07, 6.45) is 1.82. The summed E-state index contributed by atoms with van der Waals surface area (Å²) in [5, 5.41) is 1.95. The number of halogens is 1. The van der Waals surface area contributed by atoms with Crippen LogP contribution < -0.4 is 0 Å². The maximum Gasteiger partial charge on any atom is 0.0729 e. The zero-order valence-corrected chi connectivity index (χ0v) is 14.8. The molecule has 0 bridgehead atoms. The maximum atomic E-state index is 6.55. The number of aliphatic imine (C=N–C) groups is 1. The molecule has 0 amide bonds. The molecular weight excluding hydrogens is 316 g/mol. The average Bonchev–Trinajstić information content (AvgIpc) is 2.58. The van der Waals surface area contributed by atoms with Crippen molar-refractivity contribution >= 4 is 28.2 Å². The largest absolute Gasteiger partial charge is 0.277 e. The fourth-order valence-corrected chi connectivity index (χ4v) is 3.76. The van der Waals surface area contributed by atoms with Gasteiger partial charge < -0.3 is 0 Å². The molecule has 1 unspecified atom stereocenters. The van der Waals surface area contributed by atoms with E-state index < -0.39 is 0 Å². The van der Waals surface area contributed by atoms with Gasteiger partial charge in [0, 0.05) is 33.7 Å². The second-order valence-corrected chi connectivity index (χ2v) is 7.35. The molecule has 0 spiro atoms. The zero-order valence-electron chi connectivity index (χ0n) is 14.0. The van der Waals surface area contributed by atoms with E-state index in [0.717, 1.165) is 32.8 Å². The van der Waals surface area contributed by atoms with E-state index >= 15 is 0 Å². The zero-order chi connectivity index (χ0) is 16.9. The molecule has 120 valence electrons. The number of rotatable bonds is 1. The van der Waals surface area contributed by atoms with Crippen LogP contribution in [0.3, 0.4) is 0 Å².